The van der Waals surface area contributed by atoms with Gasteiger partial charge in [0.2, 0.25) is 0 Å². The van der Waals surface area contributed by atoms with Crippen molar-refractivity contribution < 1.29 is 4.74 Å². The molecule has 0 saturated carbocycles. The second-order valence-corrected chi connectivity index (χ2v) is 5.84. The molecule has 3 nitrogen and oxygen atoms in total. The fourth-order valence-electron chi connectivity index (χ4n) is 2.36. The van der Waals surface area contributed by atoms with Crippen molar-refractivity contribution in [1.29, 1.82) is 0 Å². The first-order valence-electron chi connectivity index (χ1n) is 6.64. The highest BCUT2D eigenvalue weighted by atomic mass is 79.9. The lowest BCUT2D eigenvalue weighted by Crippen LogP contribution is -2.27. The van der Waals surface area contributed by atoms with E-state index in [1.165, 1.54) is 26.7 Å². The first-order chi connectivity index (χ1) is 8.93. The minimum absolute atomic E-state index is 0.698. The van der Waals surface area contributed by atoms with Gasteiger partial charge < -0.3 is 15.4 Å². The Hall–Kier alpha value is -0.580. The fourth-order valence-corrected chi connectivity index (χ4v) is 2.89. The monoisotopic (exact) mass is 328 g/mol. The smallest absolute Gasteiger partial charge is 0.125 e. The van der Waals surface area contributed by atoms with Crippen LogP contribution < -0.4 is 10.5 Å². The summed E-state index contributed by atoms with van der Waals surface area (Å²) in [7, 11) is 3.85. The SMILES string of the molecule is COc1c(C)c(C)c(Br)c(C)c1CCN(C)CCN. The molecule has 0 fully saturated rings. The molecule has 0 aliphatic rings. The summed E-state index contributed by atoms with van der Waals surface area (Å²) in [5, 5.41) is 0. The number of hydrogen-bond acceptors (Lipinski definition) is 3. The Labute approximate surface area is 125 Å². The Balaban J connectivity index is 3.05. The van der Waals surface area contributed by atoms with Crippen molar-refractivity contribution in [3.8, 4) is 5.75 Å². The molecule has 1 aromatic rings. The quantitative estimate of drug-likeness (QED) is 0.872. The molecule has 2 N–H and O–H groups in total. The van der Waals surface area contributed by atoms with E-state index in [0.29, 0.717) is 6.54 Å². The van der Waals surface area contributed by atoms with Gasteiger partial charge in [-0.3, -0.25) is 0 Å². The summed E-state index contributed by atoms with van der Waals surface area (Å²) in [5.41, 5.74) is 10.6. The van der Waals surface area contributed by atoms with Crippen molar-refractivity contribution in [2.24, 2.45) is 5.73 Å². The largest absolute Gasteiger partial charge is 0.496 e. The topological polar surface area (TPSA) is 38.5 Å². The van der Waals surface area contributed by atoms with Crippen LogP contribution in [0.3, 0.4) is 0 Å². The normalized spacial score (nSPS) is 11.2. The third-order valence-electron chi connectivity index (χ3n) is 3.75. The van der Waals surface area contributed by atoms with E-state index in [2.05, 4.69) is 48.6 Å². The van der Waals surface area contributed by atoms with Crippen LogP contribution >= 0.6 is 15.9 Å². The van der Waals surface area contributed by atoms with Crippen LogP contribution in [0.1, 0.15) is 22.3 Å². The zero-order valence-corrected chi connectivity index (χ0v) is 14.2. The Bertz CT molecular complexity index is 447. The highest BCUT2D eigenvalue weighted by molar-refractivity contribution is 9.10. The zero-order chi connectivity index (χ0) is 14.6. The van der Waals surface area contributed by atoms with Crippen LogP contribution in [-0.2, 0) is 6.42 Å². The molecular weight excluding hydrogens is 304 g/mol. The van der Waals surface area contributed by atoms with Gasteiger partial charge in [-0.1, -0.05) is 15.9 Å². The minimum Gasteiger partial charge on any atom is -0.496 e. The average Bonchev–Trinajstić information content (AvgIpc) is 2.39. The van der Waals surface area contributed by atoms with Crippen molar-refractivity contribution in [2.45, 2.75) is 27.2 Å². The maximum Gasteiger partial charge on any atom is 0.125 e. The molecule has 0 aliphatic heterocycles. The van der Waals surface area contributed by atoms with Crippen LogP contribution in [0.4, 0.5) is 0 Å². The number of hydrogen-bond donors (Lipinski definition) is 1. The molecule has 0 amide bonds. The summed E-state index contributed by atoms with van der Waals surface area (Å²) in [4.78, 5) is 2.25. The van der Waals surface area contributed by atoms with Crippen LogP contribution in [-0.4, -0.2) is 38.7 Å². The van der Waals surface area contributed by atoms with E-state index in [1.54, 1.807) is 7.11 Å². The van der Waals surface area contributed by atoms with Crippen molar-refractivity contribution >= 4 is 15.9 Å². The van der Waals surface area contributed by atoms with Crippen molar-refractivity contribution in [1.82, 2.24) is 4.90 Å². The van der Waals surface area contributed by atoms with Crippen LogP contribution in [0.25, 0.3) is 0 Å². The van der Waals surface area contributed by atoms with Crippen LogP contribution in [0.15, 0.2) is 4.47 Å². The molecule has 0 aromatic heterocycles. The van der Waals surface area contributed by atoms with Gasteiger partial charge in [-0.2, -0.15) is 0 Å². The summed E-state index contributed by atoms with van der Waals surface area (Å²) in [6.45, 7) is 9.00. The zero-order valence-electron chi connectivity index (χ0n) is 12.6. The van der Waals surface area contributed by atoms with E-state index in [9.17, 15) is 0 Å². The molecule has 4 heteroatoms. The fraction of sp³-hybridized carbons (Fsp3) is 0.600. The van der Waals surface area contributed by atoms with Gasteiger partial charge in [0.1, 0.15) is 5.75 Å². The van der Waals surface area contributed by atoms with Gasteiger partial charge in [0.05, 0.1) is 7.11 Å². The Morgan fingerprint density at radius 2 is 1.74 bits per heavy atom. The molecular formula is C15H25BrN2O. The molecule has 0 heterocycles. The molecule has 0 spiro atoms. The second kappa shape index (κ2) is 7.27. The van der Waals surface area contributed by atoms with E-state index < -0.39 is 0 Å². The molecule has 1 rings (SSSR count). The van der Waals surface area contributed by atoms with Gasteiger partial charge in [-0.25, -0.2) is 0 Å². The van der Waals surface area contributed by atoms with Crippen molar-refractivity contribution in [2.75, 3.05) is 33.8 Å². The maximum atomic E-state index is 5.62. The molecule has 0 aliphatic carbocycles. The second-order valence-electron chi connectivity index (χ2n) is 5.04. The molecule has 0 atom stereocenters. The summed E-state index contributed by atoms with van der Waals surface area (Å²) in [6.07, 6.45) is 0.977. The van der Waals surface area contributed by atoms with E-state index in [1.807, 2.05) is 0 Å². The lowest BCUT2D eigenvalue weighted by molar-refractivity contribution is 0.343. The summed E-state index contributed by atoms with van der Waals surface area (Å²) in [5.74, 6) is 1.03. The number of halogens is 1. The predicted molar refractivity (Wildman–Crippen MR) is 85.2 cm³/mol. The van der Waals surface area contributed by atoms with Gasteiger partial charge in [-0.15, -0.1) is 0 Å². The number of benzene rings is 1. The van der Waals surface area contributed by atoms with Gasteiger partial charge in [0.25, 0.3) is 0 Å². The highest BCUT2D eigenvalue weighted by Crippen LogP contribution is 2.36. The molecule has 0 radical (unpaired) electrons. The van der Waals surface area contributed by atoms with Crippen molar-refractivity contribution in [3.63, 3.8) is 0 Å². The van der Waals surface area contributed by atoms with Gasteiger partial charge >= 0.3 is 0 Å². The number of nitrogens with zero attached hydrogens (tertiary/aromatic N) is 1. The molecule has 19 heavy (non-hydrogen) atoms. The third kappa shape index (κ3) is 3.71. The number of ether oxygens (including phenoxy) is 1. The third-order valence-corrected chi connectivity index (χ3v) is 4.94. The summed E-state index contributed by atoms with van der Waals surface area (Å²) in [6, 6.07) is 0. The summed E-state index contributed by atoms with van der Waals surface area (Å²) >= 11 is 3.69. The number of likely N-dealkylation sites (N-methyl/N-ethyl adjacent to an activating group) is 1. The maximum absolute atomic E-state index is 5.62. The first-order valence-corrected chi connectivity index (χ1v) is 7.44. The van der Waals surface area contributed by atoms with E-state index in [-0.39, 0.29) is 0 Å². The van der Waals surface area contributed by atoms with Crippen LogP contribution in [0, 0.1) is 20.8 Å². The first kappa shape index (κ1) is 16.5. The van der Waals surface area contributed by atoms with Crippen molar-refractivity contribution in [3.05, 3.63) is 26.7 Å². The van der Waals surface area contributed by atoms with Crippen LogP contribution in [0.5, 0.6) is 5.75 Å². The standard InChI is InChI=1S/C15H25BrN2O/c1-10-11(2)15(19-5)13(12(3)14(10)16)6-8-18(4)9-7-17/h6-9,17H2,1-5H3. The Morgan fingerprint density at radius 3 is 2.26 bits per heavy atom. The van der Waals surface area contributed by atoms with Gasteiger partial charge in [-0.05, 0) is 56.5 Å². The lowest BCUT2D eigenvalue weighted by Gasteiger charge is -2.21. The predicted octanol–water partition coefficient (Wildman–Crippen LogP) is 2.82. The molecule has 0 saturated heterocycles. The molecule has 0 bridgehead atoms. The van der Waals surface area contributed by atoms with E-state index >= 15 is 0 Å². The molecule has 108 valence electrons. The highest BCUT2D eigenvalue weighted by Gasteiger charge is 2.16. The average molecular weight is 329 g/mol. The number of nitrogens with two attached hydrogens (primary N) is 1. The van der Waals surface area contributed by atoms with Gasteiger partial charge in [0.15, 0.2) is 0 Å². The van der Waals surface area contributed by atoms with Crippen LogP contribution in [0.2, 0.25) is 0 Å². The van der Waals surface area contributed by atoms with Gasteiger partial charge in [0, 0.05) is 24.1 Å². The number of methoxy groups -OCH3 is 1. The summed E-state index contributed by atoms with van der Waals surface area (Å²) < 4.78 is 6.82. The molecule has 0 unspecified atom stereocenters. The number of rotatable bonds is 6. The molecule has 1 aromatic carbocycles. The minimum atomic E-state index is 0.698. The Morgan fingerprint density at radius 1 is 1.11 bits per heavy atom. The van der Waals surface area contributed by atoms with E-state index in [0.717, 1.165) is 25.3 Å². The van der Waals surface area contributed by atoms with E-state index in [4.69, 9.17) is 10.5 Å². The lowest BCUT2D eigenvalue weighted by atomic mass is 9.96. The Kier molecular flexibility index (Phi) is 6.30.